The largest absolute Gasteiger partial charge is 0.416 e. The van der Waals surface area contributed by atoms with Crippen LogP contribution in [0.2, 0.25) is 5.02 Å². The number of carbonyl (C=O) groups excluding carboxylic acids is 1. The molecule has 0 fully saturated rings. The molecule has 0 saturated heterocycles. The van der Waals surface area contributed by atoms with Gasteiger partial charge in [0.05, 0.1) is 17.0 Å². The summed E-state index contributed by atoms with van der Waals surface area (Å²) in [5, 5.41) is 20.2. The van der Waals surface area contributed by atoms with Crippen LogP contribution in [-0.2, 0) is 4.79 Å². The molecule has 0 saturated carbocycles. The molecule has 0 spiro atoms. The zero-order valence-electron chi connectivity index (χ0n) is 12.0. The van der Waals surface area contributed by atoms with Crippen LogP contribution in [0.4, 0.5) is 5.69 Å². The van der Waals surface area contributed by atoms with Gasteiger partial charge in [0.1, 0.15) is 6.07 Å². The summed E-state index contributed by atoms with van der Waals surface area (Å²) < 4.78 is 5.40. The highest BCUT2D eigenvalue weighted by molar-refractivity contribution is 7.99. The van der Waals surface area contributed by atoms with Crippen molar-refractivity contribution in [2.24, 2.45) is 0 Å². The Morgan fingerprint density at radius 3 is 2.91 bits per heavy atom. The van der Waals surface area contributed by atoms with Crippen LogP contribution in [0.25, 0.3) is 0 Å². The molecule has 1 N–H and O–H groups in total. The molecule has 1 aromatic heterocycles. The Hall–Kier alpha value is -2.04. The number of benzene rings is 1. The number of halogens is 1. The molecule has 8 heteroatoms. The fourth-order valence-electron chi connectivity index (χ4n) is 1.54. The van der Waals surface area contributed by atoms with Crippen LogP contribution in [0.1, 0.15) is 31.2 Å². The summed E-state index contributed by atoms with van der Waals surface area (Å²) in [4.78, 5) is 11.9. The summed E-state index contributed by atoms with van der Waals surface area (Å²) in [6.45, 7) is 3.88. The summed E-state index contributed by atoms with van der Waals surface area (Å²) >= 11 is 7.00. The van der Waals surface area contributed by atoms with Crippen molar-refractivity contribution in [3.05, 3.63) is 34.7 Å². The maximum absolute atomic E-state index is 11.9. The quantitative estimate of drug-likeness (QED) is 0.841. The minimum absolute atomic E-state index is 0.0944. The maximum Gasteiger partial charge on any atom is 0.277 e. The molecule has 22 heavy (non-hydrogen) atoms. The third-order valence-corrected chi connectivity index (χ3v) is 3.67. The third kappa shape index (κ3) is 4.23. The smallest absolute Gasteiger partial charge is 0.277 e. The van der Waals surface area contributed by atoms with Gasteiger partial charge in [0.15, 0.2) is 0 Å². The van der Waals surface area contributed by atoms with Crippen molar-refractivity contribution in [1.29, 1.82) is 5.26 Å². The average Bonchev–Trinajstić information content (AvgIpc) is 2.94. The van der Waals surface area contributed by atoms with Crippen molar-refractivity contribution >= 4 is 35.0 Å². The number of nitrogens with zero attached hydrogens (tertiary/aromatic N) is 3. The van der Waals surface area contributed by atoms with E-state index in [0.717, 1.165) is 11.8 Å². The van der Waals surface area contributed by atoms with Gasteiger partial charge in [-0.3, -0.25) is 4.79 Å². The van der Waals surface area contributed by atoms with Gasteiger partial charge >= 0.3 is 0 Å². The Balaban J connectivity index is 1.96. The maximum atomic E-state index is 11.9. The molecule has 0 bridgehead atoms. The lowest BCUT2D eigenvalue weighted by Gasteiger charge is -2.06. The SMILES string of the molecule is CC(C)c1nnc(SCC(=O)Nc2cc(Cl)ccc2C#N)o1. The Kier molecular flexibility index (Phi) is 5.41. The number of aromatic nitrogens is 2. The fourth-order valence-corrected chi connectivity index (χ4v) is 2.28. The number of amides is 1. The van der Waals surface area contributed by atoms with Crippen molar-refractivity contribution in [3.8, 4) is 6.07 Å². The van der Waals surface area contributed by atoms with Gasteiger partial charge in [0, 0.05) is 10.9 Å². The van der Waals surface area contributed by atoms with Crippen LogP contribution in [0.5, 0.6) is 0 Å². The Morgan fingerprint density at radius 2 is 2.27 bits per heavy atom. The van der Waals surface area contributed by atoms with Crippen molar-refractivity contribution in [2.45, 2.75) is 25.0 Å². The molecule has 114 valence electrons. The van der Waals surface area contributed by atoms with E-state index in [9.17, 15) is 4.79 Å². The number of anilines is 1. The van der Waals surface area contributed by atoms with Gasteiger partial charge in [0.2, 0.25) is 11.8 Å². The molecular formula is C14H13ClN4O2S. The number of nitrogens with one attached hydrogen (secondary N) is 1. The van der Waals surface area contributed by atoms with Crippen LogP contribution in [0, 0.1) is 11.3 Å². The molecule has 2 rings (SSSR count). The summed E-state index contributed by atoms with van der Waals surface area (Å²) in [6.07, 6.45) is 0. The van der Waals surface area contributed by atoms with E-state index in [1.165, 1.54) is 6.07 Å². The second-order valence-corrected chi connectivity index (χ2v) is 6.06. The minimum Gasteiger partial charge on any atom is -0.416 e. The molecule has 0 aliphatic heterocycles. The zero-order chi connectivity index (χ0) is 16.1. The minimum atomic E-state index is -0.284. The molecule has 0 unspecified atom stereocenters. The van der Waals surface area contributed by atoms with E-state index >= 15 is 0 Å². The summed E-state index contributed by atoms with van der Waals surface area (Å²) in [5.41, 5.74) is 0.733. The predicted molar refractivity (Wildman–Crippen MR) is 83.9 cm³/mol. The van der Waals surface area contributed by atoms with E-state index in [1.807, 2.05) is 19.9 Å². The van der Waals surface area contributed by atoms with Crippen LogP contribution >= 0.6 is 23.4 Å². The molecule has 0 atom stereocenters. The van der Waals surface area contributed by atoms with E-state index in [2.05, 4.69) is 15.5 Å². The van der Waals surface area contributed by atoms with E-state index in [1.54, 1.807) is 12.1 Å². The van der Waals surface area contributed by atoms with Crippen molar-refractivity contribution in [1.82, 2.24) is 10.2 Å². The first kappa shape index (κ1) is 16.3. The van der Waals surface area contributed by atoms with Gasteiger partial charge in [-0.05, 0) is 18.2 Å². The van der Waals surface area contributed by atoms with Gasteiger partial charge in [0.25, 0.3) is 5.22 Å². The third-order valence-electron chi connectivity index (χ3n) is 2.62. The standard InChI is InChI=1S/C14H13ClN4O2S/c1-8(2)13-18-19-14(21-13)22-7-12(20)17-11-5-10(15)4-3-9(11)6-16/h3-5,8H,7H2,1-2H3,(H,17,20). The van der Waals surface area contributed by atoms with Crippen LogP contribution < -0.4 is 5.32 Å². The van der Waals surface area contributed by atoms with Crippen LogP contribution in [0.15, 0.2) is 27.8 Å². The lowest BCUT2D eigenvalue weighted by molar-refractivity contribution is -0.113. The molecule has 2 aromatic rings. The first-order valence-electron chi connectivity index (χ1n) is 6.45. The van der Waals surface area contributed by atoms with Gasteiger partial charge in [-0.1, -0.05) is 37.2 Å². The highest BCUT2D eigenvalue weighted by Gasteiger charge is 2.13. The lowest BCUT2D eigenvalue weighted by Crippen LogP contribution is -2.15. The Morgan fingerprint density at radius 1 is 1.50 bits per heavy atom. The molecule has 1 aromatic carbocycles. The van der Waals surface area contributed by atoms with Crippen molar-refractivity contribution in [3.63, 3.8) is 0 Å². The van der Waals surface area contributed by atoms with Crippen LogP contribution in [-0.4, -0.2) is 21.9 Å². The predicted octanol–water partition coefficient (Wildman–Crippen LogP) is 3.45. The number of hydrogen-bond acceptors (Lipinski definition) is 6. The zero-order valence-corrected chi connectivity index (χ0v) is 13.5. The topological polar surface area (TPSA) is 91.8 Å². The molecule has 6 nitrogen and oxygen atoms in total. The van der Waals surface area contributed by atoms with E-state index in [4.69, 9.17) is 21.3 Å². The first-order chi connectivity index (χ1) is 10.5. The summed E-state index contributed by atoms with van der Waals surface area (Å²) in [5.74, 6) is 0.481. The monoisotopic (exact) mass is 336 g/mol. The normalized spacial score (nSPS) is 10.5. The lowest BCUT2D eigenvalue weighted by atomic mass is 10.2. The molecule has 0 radical (unpaired) electrons. The molecular weight excluding hydrogens is 324 g/mol. The molecule has 0 aliphatic carbocycles. The number of carbonyl (C=O) groups is 1. The second-order valence-electron chi connectivity index (χ2n) is 4.70. The van der Waals surface area contributed by atoms with Gasteiger partial charge in [-0.15, -0.1) is 10.2 Å². The Bertz CT molecular complexity index is 724. The first-order valence-corrected chi connectivity index (χ1v) is 7.81. The van der Waals surface area contributed by atoms with Gasteiger partial charge < -0.3 is 9.73 Å². The Labute approximate surface area is 136 Å². The molecule has 1 amide bonds. The fraction of sp³-hybridized carbons (Fsp3) is 0.286. The second kappa shape index (κ2) is 7.29. The van der Waals surface area contributed by atoms with E-state index < -0.39 is 0 Å². The number of rotatable bonds is 5. The average molecular weight is 337 g/mol. The highest BCUT2D eigenvalue weighted by Crippen LogP contribution is 2.22. The number of nitriles is 1. The van der Waals surface area contributed by atoms with Crippen molar-refractivity contribution < 1.29 is 9.21 Å². The van der Waals surface area contributed by atoms with Crippen molar-refractivity contribution in [2.75, 3.05) is 11.1 Å². The van der Waals surface area contributed by atoms with Gasteiger partial charge in [-0.25, -0.2) is 0 Å². The van der Waals surface area contributed by atoms with E-state index in [0.29, 0.717) is 27.4 Å². The molecule has 1 heterocycles. The number of hydrogen-bond donors (Lipinski definition) is 1. The molecule has 0 aliphatic rings. The van der Waals surface area contributed by atoms with E-state index in [-0.39, 0.29) is 17.6 Å². The summed E-state index contributed by atoms with van der Waals surface area (Å²) in [7, 11) is 0. The highest BCUT2D eigenvalue weighted by atomic mass is 35.5. The van der Waals surface area contributed by atoms with Gasteiger partial charge in [-0.2, -0.15) is 5.26 Å². The summed E-state index contributed by atoms with van der Waals surface area (Å²) in [6, 6.07) is 6.68. The number of thioether (sulfide) groups is 1. The van der Waals surface area contributed by atoms with Crippen LogP contribution in [0.3, 0.4) is 0 Å².